The first-order valence-corrected chi connectivity index (χ1v) is 17.5. The van der Waals surface area contributed by atoms with Crippen molar-refractivity contribution >= 4 is 29.8 Å². The monoisotopic (exact) mass is 702 g/mol. The summed E-state index contributed by atoms with van der Waals surface area (Å²) in [6.07, 6.45) is -2.39. The lowest BCUT2D eigenvalue weighted by Crippen LogP contribution is -2.81. The van der Waals surface area contributed by atoms with Gasteiger partial charge in [-0.25, -0.2) is 0 Å². The summed E-state index contributed by atoms with van der Waals surface area (Å²) in [4.78, 5) is 66.7. The number of aliphatic hydroxyl groups is 1. The molecule has 4 saturated carbocycles. The van der Waals surface area contributed by atoms with E-state index in [1.165, 1.54) is 27.9 Å². The van der Waals surface area contributed by atoms with Crippen LogP contribution in [0.25, 0.3) is 0 Å². The average molecular weight is 703 g/mol. The first-order valence-electron chi connectivity index (χ1n) is 17.5. The number of carbonyl (C=O) groups excluding carboxylic acids is 5. The minimum absolute atomic E-state index is 0.0526. The van der Waals surface area contributed by atoms with E-state index >= 15 is 0 Å². The third-order valence-corrected chi connectivity index (χ3v) is 13.7. The van der Waals surface area contributed by atoms with Crippen molar-refractivity contribution in [2.75, 3.05) is 7.11 Å². The molecular formula is C37H50O13. The van der Waals surface area contributed by atoms with Crippen molar-refractivity contribution in [1.82, 2.24) is 0 Å². The molecule has 1 spiro atoms. The summed E-state index contributed by atoms with van der Waals surface area (Å²) in [5.74, 6) is -5.69. The zero-order valence-corrected chi connectivity index (χ0v) is 30.5. The van der Waals surface area contributed by atoms with E-state index in [0.717, 1.165) is 5.56 Å². The summed E-state index contributed by atoms with van der Waals surface area (Å²) in [5, 5.41) is 11.7. The van der Waals surface area contributed by atoms with Gasteiger partial charge in [0.2, 0.25) is 0 Å². The first kappa shape index (κ1) is 36.3. The highest BCUT2D eigenvalue weighted by molar-refractivity contribution is 5.78. The molecule has 0 bridgehead atoms. The Labute approximate surface area is 292 Å². The number of epoxide rings is 1. The normalized spacial score (nSPS) is 45.6. The third kappa shape index (κ3) is 4.53. The molecule has 0 radical (unpaired) electrons. The maximum absolute atomic E-state index is 13.8. The van der Waals surface area contributed by atoms with Crippen LogP contribution in [-0.2, 0) is 52.4 Å². The predicted octanol–water partition coefficient (Wildman–Crippen LogP) is 3.88. The van der Waals surface area contributed by atoms with Crippen molar-refractivity contribution in [1.29, 1.82) is 0 Å². The van der Waals surface area contributed by atoms with Gasteiger partial charge >= 0.3 is 29.8 Å². The zero-order valence-electron chi connectivity index (χ0n) is 30.5. The van der Waals surface area contributed by atoms with Crippen LogP contribution in [0.2, 0.25) is 0 Å². The smallest absolute Gasteiger partial charge is 0.314 e. The Balaban J connectivity index is 1.70. The minimum Gasteiger partial charge on any atom is -0.472 e. The van der Waals surface area contributed by atoms with Crippen LogP contribution in [0.15, 0.2) is 23.0 Å². The molecule has 14 unspecified atom stereocenters. The topological polar surface area (TPSA) is 177 Å². The molecule has 1 aliphatic heterocycles. The van der Waals surface area contributed by atoms with Crippen LogP contribution in [0.3, 0.4) is 0 Å². The lowest BCUT2D eigenvalue weighted by Gasteiger charge is -2.72. The Morgan fingerprint density at radius 2 is 1.48 bits per heavy atom. The number of aliphatic hydroxyl groups excluding tert-OH is 1. The van der Waals surface area contributed by atoms with Gasteiger partial charge in [-0.1, -0.05) is 34.6 Å². The molecular weight excluding hydrogens is 652 g/mol. The highest BCUT2D eigenvalue weighted by Crippen LogP contribution is 2.83. The van der Waals surface area contributed by atoms with Gasteiger partial charge in [-0.3, -0.25) is 24.0 Å². The SMILES string of the molecule is COC(=O)C1(C)C(O)CC(OC(C)=O)C2(C)C1CC(OC(C)=O)C1(C)C2C(OC(C)=O)C(OC(=O)C(C)C)C2(C)C(c3ccoc3)CC3OC321. The quantitative estimate of drug-likeness (QED) is 0.246. The molecule has 0 amide bonds. The number of ether oxygens (including phenoxy) is 6. The second kappa shape index (κ2) is 11.8. The first-order chi connectivity index (χ1) is 23.3. The number of esters is 5. The van der Waals surface area contributed by atoms with E-state index in [1.807, 2.05) is 26.8 Å². The van der Waals surface area contributed by atoms with Crippen LogP contribution < -0.4 is 0 Å². The molecule has 50 heavy (non-hydrogen) atoms. The Morgan fingerprint density at radius 1 is 0.860 bits per heavy atom. The molecule has 13 heteroatoms. The summed E-state index contributed by atoms with van der Waals surface area (Å²) in [6, 6.07) is 1.85. The van der Waals surface area contributed by atoms with Crippen molar-refractivity contribution in [3.8, 4) is 0 Å². The van der Waals surface area contributed by atoms with Crippen molar-refractivity contribution < 1.29 is 61.9 Å². The maximum atomic E-state index is 13.8. The van der Waals surface area contributed by atoms with Crippen molar-refractivity contribution in [3.05, 3.63) is 24.2 Å². The molecule has 5 aliphatic rings. The number of hydrogen-bond acceptors (Lipinski definition) is 13. The summed E-state index contributed by atoms with van der Waals surface area (Å²) < 4.78 is 42.9. The number of fused-ring (bicyclic) bond motifs is 3. The van der Waals surface area contributed by atoms with E-state index in [1.54, 1.807) is 33.3 Å². The summed E-state index contributed by atoms with van der Waals surface area (Å²) >= 11 is 0. The molecule has 1 saturated heterocycles. The Bertz CT molecular complexity index is 1570. The van der Waals surface area contributed by atoms with Gasteiger partial charge in [0.25, 0.3) is 0 Å². The molecule has 6 rings (SSSR count). The number of rotatable bonds is 7. The van der Waals surface area contributed by atoms with E-state index in [9.17, 15) is 29.1 Å². The number of furan rings is 1. The van der Waals surface area contributed by atoms with Crippen molar-refractivity contribution in [2.24, 2.45) is 39.4 Å². The number of methoxy groups -OCH3 is 1. The molecule has 5 fully saturated rings. The summed E-state index contributed by atoms with van der Waals surface area (Å²) in [5.41, 5.74) is -5.41. The van der Waals surface area contributed by atoms with Crippen molar-refractivity contribution in [3.63, 3.8) is 0 Å². The predicted molar refractivity (Wildman–Crippen MR) is 172 cm³/mol. The van der Waals surface area contributed by atoms with Crippen LogP contribution in [0, 0.1) is 39.4 Å². The zero-order chi connectivity index (χ0) is 36.9. The number of carbonyl (C=O) groups is 5. The van der Waals surface area contributed by atoms with Crippen molar-refractivity contribution in [2.45, 2.75) is 130 Å². The molecule has 276 valence electrons. The maximum Gasteiger partial charge on any atom is 0.314 e. The fraction of sp³-hybridized carbons (Fsp3) is 0.757. The minimum atomic E-state index is -1.58. The lowest BCUT2D eigenvalue weighted by molar-refractivity contribution is -0.330. The molecule has 13 nitrogen and oxygen atoms in total. The van der Waals surface area contributed by atoms with E-state index in [-0.39, 0.29) is 18.8 Å². The molecule has 1 N–H and O–H groups in total. The summed E-state index contributed by atoms with van der Waals surface area (Å²) in [6.45, 7) is 14.6. The van der Waals surface area contributed by atoms with Crippen LogP contribution >= 0.6 is 0 Å². The van der Waals surface area contributed by atoms with Crippen LogP contribution in [-0.4, -0.2) is 84.3 Å². The van der Waals surface area contributed by atoms with Gasteiger partial charge in [0.15, 0.2) is 0 Å². The Morgan fingerprint density at radius 3 is 2.02 bits per heavy atom. The highest BCUT2D eigenvalue weighted by Gasteiger charge is 2.93. The van der Waals surface area contributed by atoms with Crippen LogP contribution in [0.1, 0.15) is 93.1 Å². The fourth-order valence-corrected chi connectivity index (χ4v) is 11.7. The van der Waals surface area contributed by atoms with E-state index in [2.05, 4.69) is 0 Å². The average Bonchev–Trinajstić information content (AvgIpc) is 3.38. The van der Waals surface area contributed by atoms with Gasteiger partial charge in [0, 0.05) is 55.3 Å². The standard InChI is InChI=1S/C37H50O13/c1-17(2)31(42)49-30-28(48-20(5)40)29-34(7)23(33(6,32(43)44-10)24(41)15-25(34)46-18(3)38)14-26(47-19(4)39)36(29,9)37-27(50-37)13-22(35(30,37)8)21-11-12-45-16-21/h11-12,16-17,22-30,41H,13-15H2,1-10H3. The van der Waals surface area contributed by atoms with Crippen LogP contribution in [0.5, 0.6) is 0 Å². The molecule has 1 aromatic heterocycles. The van der Waals surface area contributed by atoms with Gasteiger partial charge < -0.3 is 37.9 Å². The second-order valence-electron chi connectivity index (χ2n) is 16.2. The third-order valence-electron chi connectivity index (χ3n) is 13.7. The van der Waals surface area contributed by atoms with E-state index in [0.29, 0.717) is 6.42 Å². The van der Waals surface area contributed by atoms with Crippen LogP contribution in [0.4, 0.5) is 0 Å². The molecule has 1 aromatic rings. The largest absolute Gasteiger partial charge is 0.472 e. The fourth-order valence-electron chi connectivity index (χ4n) is 11.7. The van der Waals surface area contributed by atoms with Gasteiger partial charge in [-0.15, -0.1) is 0 Å². The van der Waals surface area contributed by atoms with E-state index < -0.39 is 111 Å². The van der Waals surface area contributed by atoms with Gasteiger partial charge in [0.05, 0.1) is 43.2 Å². The second-order valence-corrected chi connectivity index (χ2v) is 16.2. The molecule has 2 heterocycles. The van der Waals surface area contributed by atoms with Gasteiger partial charge in [-0.2, -0.15) is 0 Å². The Hall–Kier alpha value is -3.45. The van der Waals surface area contributed by atoms with E-state index in [4.69, 9.17) is 32.8 Å². The molecule has 4 aliphatic carbocycles. The Kier molecular flexibility index (Phi) is 8.57. The van der Waals surface area contributed by atoms with Gasteiger partial charge in [0.1, 0.15) is 30.0 Å². The van der Waals surface area contributed by atoms with Gasteiger partial charge in [-0.05, 0) is 37.3 Å². The molecule has 14 atom stereocenters. The molecule has 0 aromatic carbocycles. The highest BCUT2D eigenvalue weighted by atomic mass is 16.6. The lowest BCUT2D eigenvalue weighted by atomic mass is 9.33. The summed E-state index contributed by atoms with van der Waals surface area (Å²) in [7, 11) is 1.23. The number of hydrogen-bond donors (Lipinski definition) is 1.